The van der Waals surface area contributed by atoms with Gasteiger partial charge in [-0.25, -0.2) is 9.78 Å². The molecule has 2 heterocycles. The highest BCUT2D eigenvalue weighted by Crippen LogP contribution is 2.19. The predicted molar refractivity (Wildman–Crippen MR) is 87.1 cm³/mol. The summed E-state index contributed by atoms with van der Waals surface area (Å²) < 4.78 is 5.30. The van der Waals surface area contributed by atoms with E-state index < -0.39 is 0 Å². The number of urea groups is 1. The van der Waals surface area contributed by atoms with Crippen molar-refractivity contribution in [1.29, 1.82) is 0 Å². The van der Waals surface area contributed by atoms with E-state index in [-0.39, 0.29) is 6.03 Å². The van der Waals surface area contributed by atoms with Crippen molar-refractivity contribution in [3.63, 3.8) is 0 Å². The summed E-state index contributed by atoms with van der Waals surface area (Å²) >= 11 is 0. The zero-order valence-corrected chi connectivity index (χ0v) is 13.1. The molecule has 7 nitrogen and oxygen atoms in total. The predicted octanol–water partition coefficient (Wildman–Crippen LogP) is 2.19. The van der Waals surface area contributed by atoms with Gasteiger partial charge in [-0.05, 0) is 18.6 Å². The average molecular weight is 315 g/mol. The molecule has 1 aliphatic heterocycles. The third kappa shape index (κ3) is 4.07. The van der Waals surface area contributed by atoms with Crippen LogP contribution in [-0.2, 0) is 11.2 Å². The fourth-order valence-corrected chi connectivity index (χ4v) is 2.48. The minimum atomic E-state index is -0.210. The van der Waals surface area contributed by atoms with Crippen molar-refractivity contribution < 1.29 is 9.53 Å². The molecule has 3 N–H and O–H groups in total. The summed E-state index contributed by atoms with van der Waals surface area (Å²) in [6.45, 7) is 4.15. The smallest absolute Gasteiger partial charge is 0.319 e. The van der Waals surface area contributed by atoms with Crippen LogP contribution in [0.25, 0.3) is 11.4 Å². The summed E-state index contributed by atoms with van der Waals surface area (Å²) in [5, 5.41) is 12.8. The van der Waals surface area contributed by atoms with Gasteiger partial charge in [0.15, 0.2) is 5.82 Å². The van der Waals surface area contributed by atoms with Crippen LogP contribution in [0.3, 0.4) is 0 Å². The van der Waals surface area contributed by atoms with Crippen LogP contribution in [0.4, 0.5) is 10.5 Å². The molecule has 2 aromatic rings. The molecule has 23 heavy (non-hydrogen) atoms. The number of amides is 2. The van der Waals surface area contributed by atoms with Gasteiger partial charge in [-0.2, -0.15) is 5.10 Å². The van der Waals surface area contributed by atoms with Gasteiger partial charge in [-0.1, -0.05) is 19.1 Å². The molecule has 1 saturated heterocycles. The fourth-order valence-electron chi connectivity index (χ4n) is 2.48. The second kappa shape index (κ2) is 7.23. The second-order valence-corrected chi connectivity index (χ2v) is 5.60. The molecule has 0 aliphatic carbocycles. The number of H-pyrrole nitrogens is 1. The van der Waals surface area contributed by atoms with Crippen molar-refractivity contribution in [3.8, 4) is 11.4 Å². The molecule has 0 radical (unpaired) electrons. The van der Waals surface area contributed by atoms with Crippen molar-refractivity contribution in [3.05, 3.63) is 30.1 Å². The van der Waals surface area contributed by atoms with E-state index in [1.54, 1.807) is 0 Å². The van der Waals surface area contributed by atoms with E-state index in [4.69, 9.17) is 4.74 Å². The molecule has 1 fully saturated rings. The quantitative estimate of drug-likeness (QED) is 0.788. The summed E-state index contributed by atoms with van der Waals surface area (Å²) in [5.74, 6) is 1.89. The molecule has 1 aromatic carbocycles. The number of aromatic nitrogens is 3. The molecular weight excluding hydrogens is 294 g/mol. The van der Waals surface area contributed by atoms with Crippen LogP contribution in [0, 0.1) is 5.92 Å². The highest BCUT2D eigenvalue weighted by Gasteiger charge is 2.16. The average Bonchev–Trinajstić information content (AvgIpc) is 3.24. The zero-order valence-electron chi connectivity index (χ0n) is 13.1. The van der Waals surface area contributed by atoms with Crippen molar-refractivity contribution in [2.45, 2.75) is 19.8 Å². The van der Waals surface area contributed by atoms with Crippen LogP contribution in [0.2, 0.25) is 0 Å². The Kier molecular flexibility index (Phi) is 4.87. The van der Waals surface area contributed by atoms with Gasteiger partial charge in [0.1, 0.15) is 5.82 Å². The van der Waals surface area contributed by atoms with Gasteiger partial charge in [-0.3, -0.25) is 5.10 Å². The number of aryl methyl sites for hydroxylation is 1. The lowest BCUT2D eigenvalue weighted by atomic mass is 10.1. The number of carbonyl (C=O) groups is 1. The minimum absolute atomic E-state index is 0.210. The fraction of sp³-hybridized carbons (Fsp3) is 0.438. The van der Waals surface area contributed by atoms with Crippen molar-refractivity contribution in [2.24, 2.45) is 5.92 Å². The van der Waals surface area contributed by atoms with Gasteiger partial charge in [0.2, 0.25) is 0 Å². The first-order chi connectivity index (χ1) is 11.2. The normalized spacial score (nSPS) is 17.2. The minimum Gasteiger partial charge on any atom is -0.381 e. The molecule has 1 atom stereocenters. The van der Waals surface area contributed by atoms with E-state index >= 15 is 0 Å². The summed E-state index contributed by atoms with van der Waals surface area (Å²) in [5.41, 5.74) is 1.58. The first-order valence-corrected chi connectivity index (χ1v) is 7.89. The number of hydrogen-bond acceptors (Lipinski definition) is 4. The molecule has 7 heteroatoms. The van der Waals surface area contributed by atoms with E-state index in [0.717, 1.165) is 37.4 Å². The topological polar surface area (TPSA) is 91.9 Å². The molecular formula is C16H21N5O2. The third-order valence-electron chi connectivity index (χ3n) is 3.82. The first-order valence-electron chi connectivity index (χ1n) is 7.89. The maximum Gasteiger partial charge on any atom is 0.319 e. The van der Waals surface area contributed by atoms with Crippen molar-refractivity contribution >= 4 is 11.7 Å². The molecule has 1 aromatic heterocycles. The molecule has 2 amide bonds. The summed E-state index contributed by atoms with van der Waals surface area (Å²) in [6, 6.07) is 7.29. The van der Waals surface area contributed by atoms with Crippen molar-refractivity contribution in [2.75, 3.05) is 25.1 Å². The van der Waals surface area contributed by atoms with Crippen molar-refractivity contribution in [1.82, 2.24) is 20.5 Å². The Morgan fingerprint density at radius 2 is 2.39 bits per heavy atom. The maximum absolute atomic E-state index is 12.0. The number of hydrogen-bond donors (Lipinski definition) is 3. The van der Waals surface area contributed by atoms with Gasteiger partial charge in [0, 0.05) is 36.7 Å². The van der Waals surface area contributed by atoms with E-state index in [2.05, 4.69) is 25.8 Å². The molecule has 3 rings (SSSR count). The molecule has 0 spiro atoms. The number of ether oxygens (including phenoxy) is 1. The second-order valence-electron chi connectivity index (χ2n) is 5.60. The Morgan fingerprint density at radius 3 is 3.13 bits per heavy atom. The van der Waals surface area contributed by atoms with E-state index in [9.17, 15) is 4.79 Å². The Hall–Kier alpha value is -2.41. The number of rotatable bonds is 5. The van der Waals surface area contributed by atoms with Crippen LogP contribution in [0.5, 0.6) is 0 Å². The van der Waals surface area contributed by atoms with Gasteiger partial charge < -0.3 is 15.4 Å². The maximum atomic E-state index is 12.0. The molecule has 122 valence electrons. The van der Waals surface area contributed by atoms with Gasteiger partial charge in [0.05, 0.1) is 6.61 Å². The van der Waals surface area contributed by atoms with E-state index in [0.29, 0.717) is 24.0 Å². The standard InChI is InChI=1S/C16H21N5O2/c1-2-14-19-15(21-20-14)12-4-3-5-13(8-12)18-16(22)17-9-11-6-7-23-10-11/h3-5,8,11H,2,6-7,9-10H2,1H3,(H2,17,18,22)(H,19,20,21)/t11-/m1/s1. The third-order valence-corrected chi connectivity index (χ3v) is 3.82. The Labute approximate surface area is 134 Å². The number of carbonyl (C=O) groups excluding carboxylic acids is 1. The highest BCUT2D eigenvalue weighted by atomic mass is 16.5. The summed E-state index contributed by atoms with van der Waals surface area (Å²) in [4.78, 5) is 16.4. The first kappa shape index (κ1) is 15.5. The summed E-state index contributed by atoms with van der Waals surface area (Å²) in [7, 11) is 0. The monoisotopic (exact) mass is 315 g/mol. The van der Waals surface area contributed by atoms with Crippen LogP contribution in [0.1, 0.15) is 19.2 Å². The van der Waals surface area contributed by atoms with Crippen LogP contribution >= 0.6 is 0 Å². The molecule has 0 bridgehead atoms. The number of benzene rings is 1. The van der Waals surface area contributed by atoms with Crippen LogP contribution in [0.15, 0.2) is 24.3 Å². The number of aromatic amines is 1. The number of nitrogens with one attached hydrogen (secondary N) is 3. The molecule has 0 saturated carbocycles. The molecule has 1 aliphatic rings. The lowest BCUT2D eigenvalue weighted by molar-refractivity contribution is 0.185. The highest BCUT2D eigenvalue weighted by molar-refractivity contribution is 5.89. The molecule has 0 unspecified atom stereocenters. The van der Waals surface area contributed by atoms with Gasteiger partial charge in [-0.15, -0.1) is 0 Å². The van der Waals surface area contributed by atoms with E-state index in [1.807, 2.05) is 31.2 Å². The Balaban J connectivity index is 1.59. The largest absolute Gasteiger partial charge is 0.381 e. The van der Waals surface area contributed by atoms with Crippen LogP contribution < -0.4 is 10.6 Å². The van der Waals surface area contributed by atoms with E-state index in [1.165, 1.54) is 0 Å². The number of anilines is 1. The Morgan fingerprint density at radius 1 is 1.48 bits per heavy atom. The lowest BCUT2D eigenvalue weighted by Gasteiger charge is -2.11. The zero-order chi connectivity index (χ0) is 16.1. The summed E-state index contributed by atoms with van der Waals surface area (Å²) in [6.07, 6.45) is 1.80. The lowest BCUT2D eigenvalue weighted by Crippen LogP contribution is -2.33. The number of nitrogens with zero attached hydrogens (tertiary/aromatic N) is 2. The van der Waals surface area contributed by atoms with Gasteiger partial charge >= 0.3 is 6.03 Å². The Bertz CT molecular complexity index is 664. The van der Waals surface area contributed by atoms with Gasteiger partial charge in [0.25, 0.3) is 0 Å². The SMILES string of the molecule is CCc1nc(-c2cccc(NC(=O)NC[C@H]3CCOC3)c2)n[nH]1. The van der Waals surface area contributed by atoms with Crippen LogP contribution in [-0.4, -0.2) is 41.0 Å².